The lowest BCUT2D eigenvalue weighted by Gasteiger charge is -2.40. The van der Waals surface area contributed by atoms with Crippen molar-refractivity contribution < 1.29 is 37.4 Å². The molecule has 1 saturated carbocycles. The molecule has 3 atom stereocenters. The molecule has 4 rings (SSSR count). The van der Waals surface area contributed by atoms with Crippen molar-refractivity contribution in [1.29, 1.82) is 0 Å². The van der Waals surface area contributed by atoms with Crippen LogP contribution in [-0.4, -0.2) is 90.9 Å². The first-order valence-electron chi connectivity index (χ1n) is 14.6. The van der Waals surface area contributed by atoms with Crippen molar-refractivity contribution in [3.63, 3.8) is 0 Å². The zero-order chi connectivity index (χ0) is 33.5. The summed E-state index contributed by atoms with van der Waals surface area (Å²) in [6, 6.07) is 16.7. The van der Waals surface area contributed by atoms with Gasteiger partial charge in [0.15, 0.2) is 0 Å². The van der Waals surface area contributed by atoms with Gasteiger partial charge in [-0.1, -0.05) is 54.6 Å². The molecule has 0 saturated heterocycles. The number of pyridine rings is 1. The molecule has 6 N–H and O–H groups in total. The van der Waals surface area contributed by atoms with E-state index in [9.17, 15) is 32.7 Å². The van der Waals surface area contributed by atoms with Crippen molar-refractivity contribution in [3.8, 4) is 0 Å². The molecule has 1 aliphatic carbocycles. The third-order valence-electron chi connectivity index (χ3n) is 7.91. The molecule has 0 aliphatic heterocycles. The fourth-order valence-corrected chi connectivity index (χ4v) is 6.44. The molecule has 3 amide bonds. The number of primary amides is 1. The van der Waals surface area contributed by atoms with Gasteiger partial charge < -0.3 is 26.2 Å². The van der Waals surface area contributed by atoms with Crippen LogP contribution in [0.5, 0.6) is 0 Å². The first kappa shape index (κ1) is 34.4. The smallest absolute Gasteiger partial charge is 0.327 e. The quantitative estimate of drug-likeness (QED) is 0.141. The number of amides is 3. The molecule has 3 unspecified atom stereocenters. The maximum Gasteiger partial charge on any atom is 0.327 e. The van der Waals surface area contributed by atoms with E-state index in [1.807, 2.05) is 12.1 Å². The fourth-order valence-electron chi connectivity index (χ4n) is 5.16. The molecule has 0 radical (unpaired) electrons. The van der Waals surface area contributed by atoms with Gasteiger partial charge in [0, 0.05) is 19.0 Å². The van der Waals surface area contributed by atoms with Crippen LogP contribution in [0.2, 0.25) is 0 Å². The number of benzene rings is 2. The molecule has 1 fully saturated rings. The zero-order valence-electron chi connectivity index (χ0n) is 25.5. The number of rotatable bonds is 15. The van der Waals surface area contributed by atoms with Gasteiger partial charge in [0.25, 0.3) is 16.1 Å². The van der Waals surface area contributed by atoms with Gasteiger partial charge in [-0.15, -0.1) is 0 Å². The van der Waals surface area contributed by atoms with Crippen molar-refractivity contribution in [1.82, 2.24) is 24.6 Å². The van der Waals surface area contributed by atoms with Gasteiger partial charge in [0.05, 0.1) is 31.2 Å². The highest BCUT2D eigenvalue weighted by molar-refractivity contribution is 7.87. The van der Waals surface area contributed by atoms with Gasteiger partial charge in [0.1, 0.15) is 17.3 Å². The molecule has 246 valence electrons. The van der Waals surface area contributed by atoms with E-state index in [4.69, 9.17) is 10.5 Å². The molecular formula is C31H38N6O8S. The summed E-state index contributed by atoms with van der Waals surface area (Å²) in [4.78, 5) is 55.1. The lowest BCUT2D eigenvalue weighted by atomic mass is 9.78. The minimum Gasteiger partial charge on any atom is -0.468 e. The highest BCUT2D eigenvalue weighted by Crippen LogP contribution is 2.34. The van der Waals surface area contributed by atoms with Crippen LogP contribution in [0.4, 0.5) is 0 Å². The Kier molecular flexibility index (Phi) is 11.1. The minimum atomic E-state index is -4.27. The Morgan fingerprint density at radius 2 is 1.70 bits per heavy atom. The summed E-state index contributed by atoms with van der Waals surface area (Å²) in [5, 5.41) is 17.2. The molecule has 15 heteroatoms. The highest BCUT2D eigenvalue weighted by Gasteiger charge is 2.49. The van der Waals surface area contributed by atoms with Gasteiger partial charge in [0.2, 0.25) is 11.8 Å². The van der Waals surface area contributed by atoms with Crippen molar-refractivity contribution >= 4 is 44.8 Å². The average Bonchev–Trinajstić information content (AvgIpc) is 3.01. The second kappa shape index (κ2) is 14.8. The first-order chi connectivity index (χ1) is 21.8. The number of hydrogen-bond donors (Lipinski definition) is 5. The molecule has 1 heterocycles. The summed E-state index contributed by atoms with van der Waals surface area (Å²) in [5.41, 5.74) is 5.29. The van der Waals surface area contributed by atoms with Crippen molar-refractivity contribution in [2.45, 2.75) is 55.8 Å². The number of likely N-dealkylation sites (N-methyl/N-ethyl adjacent to an activating group) is 1. The Labute approximate surface area is 266 Å². The Morgan fingerprint density at radius 3 is 2.33 bits per heavy atom. The number of nitrogens with zero attached hydrogens (tertiary/aromatic N) is 2. The normalized spacial score (nSPS) is 16.1. The molecular weight excluding hydrogens is 616 g/mol. The average molecular weight is 655 g/mol. The Morgan fingerprint density at radius 1 is 1.02 bits per heavy atom. The van der Waals surface area contributed by atoms with Gasteiger partial charge in [-0.3, -0.25) is 19.2 Å². The summed E-state index contributed by atoms with van der Waals surface area (Å²) in [5.74, 6) is -3.11. The van der Waals surface area contributed by atoms with E-state index in [0.29, 0.717) is 17.5 Å². The molecule has 0 spiro atoms. The standard InChI is InChI=1S/C31H38N6O8S/c1-37(46(43,44)36-31(15-8-16-31)30(42)45-2)19-26(38)24(17-20-9-4-3-5-10-20)34-29(41)25(18-27(32)39)35-28(40)23-14-13-21-11-6-7-12-22(21)33-23/h3-7,9-14,24-26,36,38H,8,15-19H2,1-2H3,(H2,32,39)(H,34,41)(H,35,40). The van der Waals surface area contributed by atoms with E-state index >= 15 is 0 Å². The second-order valence-corrected chi connectivity index (χ2v) is 13.1. The summed E-state index contributed by atoms with van der Waals surface area (Å²) < 4.78 is 34.4. The highest BCUT2D eigenvalue weighted by atomic mass is 32.2. The number of aromatic nitrogens is 1. The molecule has 1 aromatic heterocycles. The molecule has 1 aliphatic rings. The van der Waals surface area contributed by atoms with E-state index in [0.717, 1.165) is 9.69 Å². The van der Waals surface area contributed by atoms with Crippen LogP contribution < -0.4 is 21.1 Å². The van der Waals surface area contributed by atoms with Gasteiger partial charge in [-0.2, -0.15) is 17.4 Å². The predicted octanol–water partition coefficient (Wildman–Crippen LogP) is 0.159. The third kappa shape index (κ3) is 8.42. The van der Waals surface area contributed by atoms with Crippen LogP contribution >= 0.6 is 0 Å². The van der Waals surface area contributed by atoms with E-state index in [1.54, 1.807) is 48.5 Å². The topological polar surface area (TPSA) is 210 Å². The van der Waals surface area contributed by atoms with Crippen LogP contribution in [0.25, 0.3) is 10.9 Å². The van der Waals surface area contributed by atoms with E-state index < -0.39 is 70.6 Å². The number of nitrogens with two attached hydrogens (primary N) is 1. The molecule has 0 bridgehead atoms. The Balaban J connectivity index is 1.51. The summed E-state index contributed by atoms with van der Waals surface area (Å²) in [6.45, 7) is -0.474. The number of carbonyl (C=O) groups is 4. The zero-order valence-corrected chi connectivity index (χ0v) is 26.3. The van der Waals surface area contributed by atoms with E-state index in [1.165, 1.54) is 20.2 Å². The van der Waals surface area contributed by atoms with Crippen molar-refractivity contribution in [2.24, 2.45) is 5.73 Å². The van der Waals surface area contributed by atoms with Gasteiger partial charge in [-0.25, -0.2) is 4.98 Å². The molecule has 2 aromatic carbocycles. The molecule has 46 heavy (non-hydrogen) atoms. The van der Waals surface area contributed by atoms with Crippen LogP contribution in [0, 0.1) is 0 Å². The molecule has 14 nitrogen and oxygen atoms in total. The number of nitrogens with one attached hydrogen (secondary N) is 3. The largest absolute Gasteiger partial charge is 0.468 e. The first-order valence-corrected chi connectivity index (χ1v) is 16.1. The summed E-state index contributed by atoms with van der Waals surface area (Å²) in [7, 11) is -1.87. The monoisotopic (exact) mass is 654 g/mol. The number of ether oxygens (including phenoxy) is 1. The maximum atomic E-state index is 13.5. The number of fused-ring (bicyclic) bond motifs is 1. The predicted molar refractivity (Wildman–Crippen MR) is 168 cm³/mol. The maximum absolute atomic E-state index is 13.5. The number of esters is 1. The fraction of sp³-hybridized carbons (Fsp3) is 0.387. The summed E-state index contributed by atoms with van der Waals surface area (Å²) in [6.07, 6.45) is -0.770. The summed E-state index contributed by atoms with van der Waals surface area (Å²) >= 11 is 0. The molecule has 3 aromatic rings. The Hall–Kier alpha value is -4.44. The third-order valence-corrected chi connectivity index (χ3v) is 9.53. The number of aliphatic hydroxyl groups excluding tert-OH is 1. The van der Waals surface area contributed by atoms with E-state index in [2.05, 4.69) is 20.3 Å². The van der Waals surface area contributed by atoms with Crippen LogP contribution in [-0.2, 0) is 35.8 Å². The number of carbonyl (C=O) groups excluding carboxylic acids is 4. The lowest BCUT2D eigenvalue weighted by Crippen LogP contribution is -2.62. The number of para-hydroxylation sites is 1. The van der Waals surface area contributed by atoms with Gasteiger partial charge in [-0.05, 0) is 43.4 Å². The van der Waals surface area contributed by atoms with Crippen molar-refractivity contribution in [2.75, 3.05) is 20.7 Å². The van der Waals surface area contributed by atoms with Crippen molar-refractivity contribution in [3.05, 3.63) is 78.0 Å². The van der Waals surface area contributed by atoms with Crippen LogP contribution in [0.1, 0.15) is 41.7 Å². The second-order valence-electron chi connectivity index (χ2n) is 11.3. The van der Waals surface area contributed by atoms with Crippen LogP contribution in [0.15, 0.2) is 66.7 Å². The van der Waals surface area contributed by atoms with E-state index in [-0.39, 0.29) is 25.0 Å². The van der Waals surface area contributed by atoms with Crippen LogP contribution in [0.3, 0.4) is 0 Å². The number of aliphatic hydroxyl groups is 1. The number of methoxy groups -OCH3 is 1. The SMILES string of the molecule is COC(=O)C1(NS(=O)(=O)N(C)CC(O)C(Cc2ccccc2)NC(=O)C(CC(N)=O)NC(=O)c2ccc3ccccc3n2)CCC1. The lowest BCUT2D eigenvalue weighted by molar-refractivity contribution is -0.151. The van der Waals surface area contributed by atoms with Gasteiger partial charge >= 0.3 is 5.97 Å². The number of hydrogen-bond acceptors (Lipinski definition) is 9. The minimum absolute atomic E-state index is 0.0114. The Bertz CT molecular complexity index is 1680.